The minimum absolute atomic E-state index is 0.174. The molecule has 5 rings (SSSR count). The molecule has 2 N–H and O–H groups in total. The third kappa shape index (κ3) is 3.75. The quantitative estimate of drug-likeness (QED) is 0.654. The van der Waals surface area contributed by atoms with Gasteiger partial charge < -0.3 is 10.4 Å². The molecule has 8 heteroatoms. The SMILES string of the molecule is O=C(Nc1cc(F)c(F)c(F)c1)c1ccc(Cl)c(S[C@H]2CC3CC(C2)[C@@H]3O)c1. The second-order valence-corrected chi connectivity index (χ2v) is 9.06. The van der Waals surface area contributed by atoms with Gasteiger partial charge in [0.25, 0.3) is 5.91 Å². The van der Waals surface area contributed by atoms with E-state index in [-0.39, 0.29) is 17.4 Å². The molecular formula is C20H17ClF3NO2S. The van der Waals surface area contributed by atoms with Crippen LogP contribution in [0.15, 0.2) is 35.2 Å². The molecule has 3 nitrogen and oxygen atoms in total. The predicted molar refractivity (Wildman–Crippen MR) is 102 cm³/mol. The molecule has 1 amide bonds. The highest BCUT2D eigenvalue weighted by Crippen LogP contribution is 2.51. The highest BCUT2D eigenvalue weighted by atomic mass is 35.5. The summed E-state index contributed by atoms with van der Waals surface area (Å²) in [6.45, 7) is 0. The fourth-order valence-corrected chi connectivity index (χ4v) is 5.61. The zero-order valence-corrected chi connectivity index (χ0v) is 16.2. The molecule has 3 aliphatic rings. The van der Waals surface area contributed by atoms with Crippen molar-refractivity contribution in [1.82, 2.24) is 0 Å². The van der Waals surface area contributed by atoms with Crippen molar-refractivity contribution in [3.05, 3.63) is 58.4 Å². The molecule has 0 saturated heterocycles. The number of nitrogens with one attached hydrogen (secondary N) is 1. The highest BCUT2D eigenvalue weighted by molar-refractivity contribution is 8.00. The molecule has 2 unspecified atom stereocenters. The van der Waals surface area contributed by atoms with Gasteiger partial charge in [0.15, 0.2) is 17.5 Å². The topological polar surface area (TPSA) is 49.3 Å². The standard InChI is InChI=1S/C20H17ClF3NO2S/c21-14-2-1-9(20(27)25-12-7-15(22)18(24)16(23)8-12)6-17(14)28-13-4-10-3-11(5-13)19(10)26/h1-2,6-8,10-11,13,19,26H,3-5H2,(H,25,27)/t10?,11?,13-,19+. The molecule has 0 heterocycles. The lowest BCUT2D eigenvalue weighted by molar-refractivity contribution is -0.0725. The van der Waals surface area contributed by atoms with Gasteiger partial charge in [0.1, 0.15) is 0 Å². The zero-order chi connectivity index (χ0) is 20.0. The summed E-state index contributed by atoms with van der Waals surface area (Å²) in [5.74, 6) is -4.24. The summed E-state index contributed by atoms with van der Waals surface area (Å²) in [5, 5.41) is 13.1. The number of rotatable bonds is 4. The Labute approximate surface area is 169 Å². The second-order valence-electron chi connectivity index (χ2n) is 7.31. The van der Waals surface area contributed by atoms with Gasteiger partial charge in [0.2, 0.25) is 0 Å². The number of thioether (sulfide) groups is 1. The van der Waals surface area contributed by atoms with Gasteiger partial charge in [-0.3, -0.25) is 4.79 Å². The Morgan fingerprint density at radius 3 is 2.32 bits per heavy atom. The molecular weight excluding hydrogens is 411 g/mol. The van der Waals surface area contributed by atoms with Crippen molar-refractivity contribution in [3.8, 4) is 0 Å². The molecule has 3 fully saturated rings. The monoisotopic (exact) mass is 427 g/mol. The van der Waals surface area contributed by atoms with Crippen molar-refractivity contribution in [2.45, 2.75) is 35.5 Å². The minimum Gasteiger partial charge on any atom is -0.393 e. The van der Waals surface area contributed by atoms with Crippen molar-refractivity contribution in [3.63, 3.8) is 0 Å². The zero-order valence-electron chi connectivity index (χ0n) is 14.6. The number of aliphatic hydroxyl groups is 1. The summed E-state index contributed by atoms with van der Waals surface area (Å²) in [7, 11) is 0. The third-order valence-corrected chi connectivity index (χ3v) is 7.18. The van der Waals surface area contributed by atoms with Crippen LogP contribution in [0.4, 0.5) is 18.9 Å². The van der Waals surface area contributed by atoms with E-state index in [1.165, 1.54) is 6.07 Å². The summed E-state index contributed by atoms with van der Waals surface area (Å²) in [6, 6.07) is 6.20. The van der Waals surface area contributed by atoms with E-state index in [1.807, 2.05) is 0 Å². The maximum absolute atomic E-state index is 13.3. The fraction of sp³-hybridized carbons (Fsp3) is 0.350. The predicted octanol–water partition coefficient (Wildman–Crippen LogP) is 5.26. The maximum Gasteiger partial charge on any atom is 0.255 e. The molecule has 2 aromatic rings. The number of benzene rings is 2. The van der Waals surface area contributed by atoms with Gasteiger partial charge >= 0.3 is 0 Å². The molecule has 0 spiro atoms. The number of fused-ring (bicyclic) bond motifs is 2. The molecule has 28 heavy (non-hydrogen) atoms. The average Bonchev–Trinajstić information content (AvgIpc) is 2.67. The number of anilines is 1. The van der Waals surface area contributed by atoms with Crippen LogP contribution in [-0.4, -0.2) is 22.4 Å². The van der Waals surface area contributed by atoms with Gasteiger partial charge in [0.05, 0.1) is 11.1 Å². The lowest BCUT2D eigenvalue weighted by Crippen LogP contribution is -2.49. The molecule has 3 aliphatic carbocycles. The minimum atomic E-state index is -1.58. The summed E-state index contributed by atoms with van der Waals surface area (Å²) < 4.78 is 39.7. The van der Waals surface area contributed by atoms with Crippen LogP contribution in [-0.2, 0) is 0 Å². The van der Waals surface area contributed by atoms with Gasteiger partial charge in [0, 0.05) is 33.5 Å². The van der Waals surface area contributed by atoms with Gasteiger partial charge in [-0.15, -0.1) is 11.8 Å². The van der Waals surface area contributed by atoms with Gasteiger partial charge in [-0.1, -0.05) is 11.6 Å². The Morgan fingerprint density at radius 2 is 1.71 bits per heavy atom. The first kappa shape index (κ1) is 19.6. The van der Waals surface area contributed by atoms with Crippen LogP contribution >= 0.6 is 23.4 Å². The lowest BCUT2D eigenvalue weighted by Gasteiger charge is -2.49. The Morgan fingerprint density at radius 1 is 1.07 bits per heavy atom. The number of aliphatic hydroxyl groups excluding tert-OH is 1. The van der Waals surface area contributed by atoms with Gasteiger partial charge in [-0.2, -0.15) is 0 Å². The van der Waals surface area contributed by atoms with E-state index >= 15 is 0 Å². The van der Waals surface area contributed by atoms with Crippen LogP contribution in [0.5, 0.6) is 0 Å². The van der Waals surface area contributed by atoms with E-state index in [9.17, 15) is 23.1 Å². The Balaban J connectivity index is 1.48. The van der Waals surface area contributed by atoms with Crippen LogP contribution < -0.4 is 5.32 Å². The average molecular weight is 428 g/mol. The Bertz CT molecular complexity index is 907. The van der Waals surface area contributed by atoms with E-state index in [4.69, 9.17) is 11.6 Å². The normalized spacial score (nSPS) is 25.9. The number of amides is 1. The molecule has 0 aliphatic heterocycles. The van der Waals surface area contributed by atoms with Crippen molar-refractivity contribution < 1.29 is 23.1 Å². The largest absolute Gasteiger partial charge is 0.393 e. The number of carbonyl (C=O) groups excluding carboxylic acids is 1. The first-order valence-corrected chi connectivity index (χ1v) is 10.2. The summed E-state index contributed by atoms with van der Waals surface area (Å²) >= 11 is 7.85. The first-order valence-electron chi connectivity index (χ1n) is 8.92. The van der Waals surface area contributed by atoms with Crippen LogP contribution in [0.3, 0.4) is 0 Å². The van der Waals surface area contributed by atoms with E-state index in [0.29, 0.717) is 22.1 Å². The Hall–Kier alpha value is -1.70. The number of carbonyl (C=O) groups is 1. The molecule has 3 saturated carbocycles. The van der Waals surface area contributed by atoms with E-state index in [2.05, 4.69) is 5.32 Å². The number of halogens is 4. The van der Waals surface area contributed by atoms with E-state index in [0.717, 1.165) is 36.3 Å². The van der Waals surface area contributed by atoms with Crippen LogP contribution in [0.25, 0.3) is 0 Å². The molecule has 2 aromatic carbocycles. The molecule has 2 bridgehead atoms. The molecule has 148 valence electrons. The van der Waals surface area contributed by atoms with Gasteiger partial charge in [-0.05, 0) is 49.3 Å². The van der Waals surface area contributed by atoms with Crippen LogP contribution in [0.1, 0.15) is 29.6 Å². The molecule has 2 atom stereocenters. The van der Waals surface area contributed by atoms with E-state index < -0.39 is 23.4 Å². The maximum atomic E-state index is 13.3. The van der Waals surface area contributed by atoms with Crippen molar-refractivity contribution in [2.75, 3.05) is 5.32 Å². The fourth-order valence-electron chi connectivity index (χ4n) is 3.94. The van der Waals surface area contributed by atoms with E-state index in [1.54, 1.807) is 23.9 Å². The number of hydrogen-bond donors (Lipinski definition) is 2. The summed E-state index contributed by atoms with van der Waals surface area (Å²) in [4.78, 5) is 13.2. The Kier molecular flexibility index (Phi) is 5.33. The number of hydrogen-bond acceptors (Lipinski definition) is 3. The van der Waals surface area contributed by atoms with Crippen LogP contribution in [0.2, 0.25) is 5.02 Å². The highest BCUT2D eigenvalue weighted by Gasteiger charge is 2.46. The molecule has 0 radical (unpaired) electrons. The third-order valence-electron chi connectivity index (χ3n) is 5.43. The van der Waals surface area contributed by atoms with Crippen molar-refractivity contribution in [1.29, 1.82) is 0 Å². The smallest absolute Gasteiger partial charge is 0.255 e. The second kappa shape index (κ2) is 7.61. The molecule has 0 aromatic heterocycles. The summed E-state index contributed by atoms with van der Waals surface area (Å²) in [5.41, 5.74) is 0.102. The van der Waals surface area contributed by atoms with Gasteiger partial charge in [-0.25, -0.2) is 13.2 Å². The van der Waals surface area contributed by atoms with Crippen molar-refractivity contribution >= 4 is 35.0 Å². The lowest BCUT2D eigenvalue weighted by atomic mass is 9.63. The van der Waals surface area contributed by atoms with Crippen LogP contribution in [0, 0.1) is 29.3 Å². The first-order chi connectivity index (χ1) is 13.3. The summed E-state index contributed by atoms with van der Waals surface area (Å²) in [6.07, 6.45) is 2.69. The van der Waals surface area contributed by atoms with Crippen molar-refractivity contribution in [2.24, 2.45) is 11.8 Å².